The topological polar surface area (TPSA) is 46.2 Å². The molecule has 1 aromatic rings. The van der Waals surface area contributed by atoms with Crippen molar-refractivity contribution in [2.24, 2.45) is 0 Å². The molecule has 4 atom stereocenters. The van der Waals surface area contributed by atoms with Gasteiger partial charge in [0.2, 0.25) is 0 Å². The minimum Gasteiger partial charge on any atom is -0.373 e. The van der Waals surface area contributed by atoms with E-state index in [9.17, 15) is 0 Å². The Hall–Kier alpha value is -0.980. The van der Waals surface area contributed by atoms with Crippen LogP contribution in [0.5, 0.6) is 0 Å². The number of benzene rings is 1. The van der Waals surface area contributed by atoms with Crippen LogP contribution >= 0.6 is 0 Å². The molecule has 1 aromatic carbocycles. The van der Waals surface area contributed by atoms with Crippen LogP contribution in [0.15, 0.2) is 30.3 Å². The molecule has 2 fully saturated rings. The van der Waals surface area contributed by atoms with E-state index in [1.165, 1.54) is 0 Å². The van der Waals surface area contributed by atoms with Crippen molar-refractivity contribution < 1.29 is 23.7 Å². The van der Waals surface area contributed by atoms with Crippen molar-refractivity contribution in [2.75, 3.05) is 13.7 Å². The third kappa shape index (κ3) is 3.27. The zero-order valence-electron chi connectivity index (χ0n) is 12.7. The van der Waals surface area contributed by atoms with E-state index in [0.717, 1.165) is 5.56 Å². The molecule has 2 saturated heterocycles. The van der Waals surface area contributed by atoms with E-state index in [0.29, 0.717) is 13.2 Å². The zero-order chi connectivity index (χ0) is 14.9. The molecular weight excluding hydrogens is 272 g/mol. The molecule has 0 unspecified atom stereocenters. The Morgan fingerprint density at radius 2 is 1.95 bits per heavy atom. The predicted molar refractivity (Wildman–Crippen MR) is 75.6 cm³/mol. The molecule has 116 valence electrons. The van der Waals surface area contributed by atoms with Gasteiger partial charge in [0.1, 0.15) is 18.3 Å². The summed E-state index contributed by atoms with van der Waals surface area (Å²) in [6.45, 7) is 4.73. The van der Waals surface area contributed by atoms with Crippen LogP contribution in [0.1, 0.15) is 19.4 Å². The molecule has 0 bridgehead atoms. The lowest BCUT2D eigenvalue weighted by Gasteiger charge is -2.36. The van der Waals surface area contributed by atoms with Crippen LogP contribution in [0.25, 0.3) is 0 Å². The van der Waals surface area contributed by atoms with Crippen LogP contribution in [-0.2, 0) is 30.3 Å². The molecule has 0 amide bonds. The van der Waals surface area contributed by atoms with Gasteiger partial charge < -0.3 is 23.7 Å². The Bertz CT molecular complexity index is 461. The average Bonchev–Trinajstić information content (AvgIpc) is 2.79. The SMILES string of the molecule is CO[C@@H]1[C@@H](OCc2ccccc2)OC[C@@H]2OC(C)(C)O[C@H]12. The van der Waals surface area contributed by atoms with Crippen molar-refractivity contribution in [2.45, 2.75) is 50.8 Å². The van der Waals surface area contributed by atoms with E-state index < -0.39 is 12.1 Å². The molecule has 0 N–H and O–H groups in total. The highest BCUT2D eigenvalue weighted by molar-refractivity contribution is 5.13. The van der Waals surface area contributed by atoms with Crippen molar-refractivity contribution in [1.82, 2.24) is 0 Å². The maximum atomic E-state index is 5.93. The fourth-order valence-electron chi connectivity index (χ4n) is 2.85. The van der Waals surface area contributed by atoms with Gasteiger partial charge in [-0.3, -0.25) is 0 Å². The van der Waals surface area contributed by atoms with Crippen molar-refractivity contribution in [1.29, 1.82) is 0 Å². The predicted octanol–water partition coefficient (Wildman–Crippen LogP) is 2.09. The van der Waals surface area contributed by atoms with Crippen LogP contribution in [0.4, 0.5) is 0 Å². The van der Waals surface area contributed by atoms with Crippen molar-refractivity contribution >= 4 is 0 Å². The van der Waals surface area contributed by atoms with E-state index in [-0.39, 0.29) is 18.3 Å². The minimum absolute atomic E-state index is 0.110. The standard InChI is InChI=1S/C16H22O5/c1-16(2)20-12-10-19-15(14(17-3)13(12)21-16)18-9-11-7-5-4-6-8-11/h4-8,12-15H,9-10H2,1-3H3/t12-,13-,14-,15-/m0/s1. The van der Waals surface area contributed by atoms with Crippen LogP contribution in [0, 0.1) is 0 Å². The van der Waals surface area contributed by atoms with Gasteiger partial charge in [-0.25, -0.2) is 0 Å². The second-order valence-corrected chi connectivity index (χ2v) is 5.84. The molecule has 5 heteroatoms. The summed E-state index contributed by atoms with van der Waals surface area (Å²) in [4.78, 5) is 0. The number of rotatable bonds is 4. The van der Waals surface area contributed by atoms with E-state index in [1.807, 2.05) is 44.2 Å². The molecule has 5 nitrogen and oxygen atoms in total. The first-order chi connectivity index (χ1) is 10.1. The molecule has 2 aliphatic rings. The molecule has 0 spiro atoms. The Balaban J connectivity index is 1.64. The maximum absolute atomic E-state index is 5.93. The molecular formula is C16H22O5. The molecule has 3 rings (SSSR count). The first kappa shape index (κ1) is 14.9. The Morgan fingerprint density at radius 1 is 1.19 bits per heavy atom. The second-order valence-electron chi connectivity index (χ2n) is 5.84. The van der Waals surface area contributed by atoms with Crippen molar-refractivity contribution in [3.63, 3.8) is 0 Å². The van der Waals surface area contributed by atoms with Crippen LogP contribution in [0.2, 0.25) is 0 Å². The highest BCUT2D eigenvalue weighted by atomic mass is 16.8. The van der Waals surface area contributed by atoms with Gasteiger partial charge in [0.15, 0.2) is 12.1 Å². The average molecular weight is 294 g/mol. The third-order valence-electron chi connectivity index (χ3n) is 3.77. The summed E-state index contributed by atoms with van der Waals surface area (Å²) in [5.74, 6) is -0.607. The van der Waals surface area contributed by atoms with E-state index in [1.54, 1.807) is 7.11 Å². The van der Waals surface area contributed by atoms with Crippen molar-refractivity contribution in [3.8, 4) is 0 Å². The first-order valence-electron chi connectivity index (χ1n) is 7.24. The Morgan fingerprint density at radius 3 is 2.67 bits per heavy atom. The molecule has 2 aliphatic heterocycles. The van der Waals surface area contributed by atoms with Gasteiger partial charge in [0.05, 0.1) is 13.2 Å². The minimum atomic E-state index is -0.607. The smallest absolute Gasteiger partial charge is 0.186 e. The third-order valence-corrected chi connectivity index (χ3v) is 3.77. The lowest BCUT2D eigenvalue weighted by Crippen LogP contribution is -2.53. The molecule has 0 aliphatic carbocycles. The van der Waals surface area contributed by atoms with E-state index >= 15 is 0 Å². The molecule has 0 saturated carbocycles. The number of hydrogen-bond acceptors (Lipinski definition) is 5. The van der Waals surface area contributed by atoms with Gasteiger partial charge in [-0.1, -0.05) is 30.3 Å². The number of ether oxygens (including phenoxy) is 5. The van der Waals surface area contributed by atoms with Crippen LogP contribution in [-0.4, -0.2) is 44.1 Å². The molecule has 21 heavy (non-hydrogen) atoms. The Kier molecular flexibility index (Phi) is 4.28. The highest BCUT2D eigenvalue weighted by Crippen LogP contribution is 2.35. The number of hydrogen-bond donors (Lipinski definition) is 0. The summed E-state index contributed by atoms with van der Waals surface area (Å²) in [7, 11) is 1.64. The molecule has 0 aromatic heterocycles. The highest BCUT2D eigenvalue weighted by Gasteiger charge is 2.51. The largest absolute Gasteiger partial charge is 0.373 e. The van der Waals surface area contributed by atoms with Gasteiger partial charge in [-0.05, 0) is 19.4 Å². The fourth-order valence-corrected chi connectivity index (χ4v) is 2.85. The Labute approximate surface area is 125 Å². The van der Waals surface area contributed by atoms with Gasteiger partial charge in [0, 0.05) is 7.11 Å². The van der Waals surface area contributed by atoms with Crippen LogP contribution in [0.3, 0.4) is 0 Å². The summed E-state index contributed by atoms with van der Waals surface area (Å²) in [6.07, 6.45) is -1.02. The first-order valence-corrected chi connectivity index (χ1v) is 7.24. The molecule has 2 heterocycles. The fraction of sp³-hybridized carbons (Fsp3) is 0.625. The summed E-state index contributed by atoms with van der Waals surface area (Å²) in [6, 6.07) is 9.99. The summed E-state index contributed by atoms with van der Waals surface area (Å²) in [5.41, 5.74) is 1.10. The normalized spacial score (nSPS) is 34.6. The van der Waals surface area contributed by atoms with Gasteiger partial charge in [-0.2, -0.15) is 0 Å². The van der Waals surface area contributed by atoms with Crippen LogP contribution < -0.4 is 0 Å². The quantitative estimate of drug-likeness (QED) is 0.851. The zero-order valence-corrected chi connectivity index (χ0v) is 12.7. The lowest BCUT2D eigenvalue weighted by atomic mass is 10.1. The summed E-state index contributed by atoms with van der Waals surface area (Å²) in [5, 5.41) is 0. The second kappa shape index (κ2) is 6.02. The summed E-state index contributed by atoms with van der Waals surface area (Å²) >= 11 is 0. The van der Waals surface area contributed by atoms with Gasteiger partial charge in [-0.15, -0.1) is 0 Å². The molecule has 0 radical (unpaired) electrons. The van der Waals surface area contributed by atoms with Gasteiger partial charge >= 0.3 is 0 Å². The van der Waals surface area contributed by atoms with Gasteiger partial charge in [0.25, 0.3) is 0 Å². The lowest BCUT2D eigenvalue weighted by molar-refractivity contribution is -0.261. The maximum Gasteiger partial charge on any atom is 0.186 e. The van der Waals surface area contributed by atoms with E-state index in [2.05, 4.69) is 0 Å². The van der Waals surface area contributed by atoms with E-state index in [4.69, 9.17) is 23.7 Å². The summed E-state index contributed by atoms with van der Waals surface area (Å²) < 4.78 is 28.9. The monoisotopic (exact) mass is 294 g/mol. The number of methoxy groups -OCH3 is 1. The van der Waals surface area contributed by atoms with Crippen molar-refractivity contribution in [3.05, 3.63) is 35.9 Å². The number of fused-ring (bicyclic) bond motifs is 1.